The molecule has 18 heavy (non-hydrogen) atoms. The molecule has 0 aliphatic heterocycles. The monoisotopic (exact) mass is 268 g/mol. The van der Waals surface area contributed by atoms with E-state index in [1.54, 1.807) is 13.8 Å². The first-order valence-electron chi connectivity index (χ1n) is 5.74. The maximum Gasteiger partial charge on any atom is 0.390 e. The minimum absolute atomic E-state index is 0.116. The van der Waals surface area contributed by atoms with Crippen molar-refractivity contribution in [2.75, 3.05) is 26.2 Å². The van der Waals surface area contributed by atoms with Gasteiger partial charge in [-0.25, -0.2) is 4.99 Å². The average molecular weight is 268 g/mol. The molecule has 0 aromatic heterocycles. The maximum absolute atomic E-state index is 11.9. The zero-order chi connectivity index (χ0) is 14.0. The Hall–Kier alpha value is -1.47. The molecule has 0 atom stereocenters. The average Bonchev–Trinajstić information content (AvgIpc) is 2.24. The van der Waals surface area contributed by atoms with E-state index >= 15 is 0 Å². The quantitative estimate of drug-likeness (QED) is 0.489. The number of amides is 1. The molecule has 0 aliphatic rings. The third-order valence-electron chi connectivity index (χ3n) is 1.80. The lowest BCUT2D eigenvalue weighted by Gasteiger charge is -2.12. The Kier molecular flexibility index (Phi) is 7.89. The lowest BCUT2D eigenvalue weighted by Crippen LogP contribution is -2.39. The number of hydrogen-bond donors (Lipinski definition) is 3. The van der Waals surface area contributed by atoms with Gasteiger partial charge in [-0.15, -0.1) is 0 Å². The number of alkyl halides is 3. The Bertz CT molecular complexity index is 279. The van der Waals surface area contributed by atoms with Gasteiger partial charge in [0.15, 0.2) is 5.96 Å². The van der Waals surface area contributed by atoms with Crippen LogP contribution in [0.4, 0.5) is 13.2 Å². The molecule has 0 aliphatic carbocycles. The predicted molar refractivity (Wildman–Crippen MR) is 63.3 cm³/mol. The molecule has 0 aromatic rings. The highest BCUT2D eigenvalue weighted by molar-refractivity contribution is 5.84. The van der Waals surface area contributed by atoms with E-state index in [9.17, 15) is 18.0 Å². The van der Waals surface area contributed by atoms with Crippen LogP contribution >= 0.6 is 0 Å². The molecule has 3 N–H and O–H groups in total. The highest BCUT2D eigenvalue weighted by Crippen LogP contribution is 2.17. The second kappa shape index (κ2) is 8.60. The zero-order valence-electron chi connectivity index (χ0n) is 10.5. The summed E-state index contributed by atoms with van der Waals surface area (Å²) in [6, 6.07) is 0. The summed E-state index contributed by atoms with van der Waals surface area (Å²) in [5.74, 6) is -0.0708. The van der Waals surface area contributed by atoms with Gasteiger partial charge in [0.2, 0.25) is 5.91 Å². The molecule has 0 radical (unpaired) electrons. The second-order valence-corrected chi connectivity index (χ2v) is 3.44. The number of hydrogen-bond acceptors (Lipinski definition) is 2. The number of rotatable bonds is 6. The Labute approximate surface area is 104 Å². The number of nitrogens with zero attached hydrogens (tertiary/aromatic N) is 1. The number of halogens is 3. The Morgan fingerprint density at radius 1 is 1.11 bits per heavy atom. The van der Waals surface area contributed by atoms with Crippen LogP contribution in [0, 0.1) is 0 Å². The van der Waals surface area contributed by atoms with Crippen molar-refractivity contribution in [1.29, 1.82) is 0 Å². The fourth-order valence-electron chi connectivity index (χ4n) is 1.07. The van der Waals surface area contributed by atoms with Gasteiger partial charge in [-0.3, -0.25) is 4.79 Å². The van der Waals surface area contributed by atoms with Crippen LogP contribution in [0.15, 0.2) is 4.99 Å². The van der Waals surface area contributed by atoms with Crippen molar-refractivity contribution in [2.24, 2.45) is 4.99 Å². The summed E-state index contributed by atoms with van der Waals surface area (Å²) >= 11 is 0. The summed E-state index contributed by atoms with van der Waals surface area (Å²) in [5.41, 5.74) is 0. The first-order valence-corrected chi connectivity index (χ1v) is 5.74. The van der Waals surface area contributed by atoms with Crippen molar-refractivity contribution in [1.82, 2.24) is 16.0 Å². The lowest BCUT2D eigenvalue weighted by molar-refractivity contribution is -0.132. The summed E-state index contributed by atoms with van der Waals surface area (Å²) in [5, 5.41) is 7.81. The molecule has 0 fully saturated rings. The molecule has 0 heterocycles. The second-order valence-electron chi connectivity index (χ2n) is 3.44. The number of carbonyl (C=O) groups excluding carboxylic acids is 1. The van der Waals surface area contributed by atoms with E-state index in [1.165, 1.54) is 0 Å². The molecule has 0 unspecified atom stereocenters. The Balaban J connectivity index is 4.12. The van der Waals surface area contributed by atoms with Crippen LogP contribution < -0.4 is 16.0 Å². The molecule has 1 amide bonds. The van der Waals surface area contributed by atoms with Gasteiger partial charge < -0.3 is 16.0 Å². The Morgan fingerprint density at radius 2 is 1.72 bits per heavy atom. The Morgan fingerprint density at radius 3 is 2.22 bits per heavy atom. The molecule has 0 saturated carbocycles. The number of carbonyl (C=O) groups is 1. The van der Waals surface area contributed by atoms with Crippen molar-refractivity contribution in [2.45, 2.75) is 26.4 Å². The van der Waals surface area contributed by atoms with Crippen LogP contribution in [0.25, 0.3) is 0 Å². The summed E-state index contributed by atoms with van der Waals surface area (Å²) in [4.78, 5) is 15.0. The highest BCUT2D eigenvalue weighted by Gasteiger charge is 2.26. The van der Waals surface area contributed by atoms with Gasteiger partial charge in [0, 0.05) is 19.6 Å². The van der Waals surface area contributed by atoms with Crippen molar-refractivity contribution in [3.63, 3.8) is 0 Å². The van der Waals surface area contributed by atoms with E-state index < -0.39 is 12.6 Å². The molecule has 0 spiro atoms. The van der Waals surface area contributed by atoms with Crippen LogP contribution in [0.5, 0.6) is 0 Å². The van der Waals surface area contributed by atoms with Gasteiger partial charge in [-0.05, 0) is 13.8 Å². The zero-order valence-corrected chi connectivity index (χ0v) is 10.5. The van der Waals surface area contributed by atoms with Gasteiger partial charge in [0.1, 0.15) is 6.54 Å². The fraction of sp³-hybridized carbons (Fsp3) is 0.800. The molecule has 0 rings (SSSR count). The topological polar surface area (TPSA) is 65.5 Å². The van der Waals surface area contributed by atoms with E-state index in [-0.39, 0.29) is 25.0 Å². The van der Waals surface area contributed by atoms with Crippen LogP contribution in [0.1, 0.15) is 20.3 Å². The van der Waals surface area contributed by atoms with E-state index in [0.717, 1.165) is 0 Å². The largest absolute Gasteiger partial charge is 0.390 e. The van der Waals surface area contributed by atoms with Gasteiger partial charge in [-0.2, -0.15) is 13.2 Å². The molecule has 5 nitrogen and oxygen atoms in total. The standard InChI is InChI=1S/C10H19F3N4O/c1-3-14-8(18)7-17-9(15-4-2)16-6-5-10(11,12)13/h3-7H2,1-2H3,(H,14,18)(H2,15,16,17). The number of likely N-dealkylation sites (N-methyl/N-ethyl adjacent to an activating group) is 1. The summed E-state index contributed by atoms with van der Waals surface area (Å²) in [6.45, 7) is 4.17. The van der Waals surface area contributed by atoms with Crippen LogP contribution in [-0.4, -0.2) is 44.2 Å². The SMILES string of the molecule is CCNC(=O)CN=C(NCC)NCCC(F)(F)F. The van der Waals surface area contributed by atoms with Crippen molar-refractivity contribution in [3.05, 3.63) is 0 Å². The van der Waals surface area contributed by atoms with E-state index in [1.807, 2.05) is 0 Å². The van der Waals surface area contributed by atoms with Crippen molar-refractivity contribution in [3.8, 4) is 0 Å². The lowest BCUT2D eigenvalue weighted by atomic mass is 10.4. The minimum atomic E-state index is -4.20. The van der Waals surface area contributed by atoms with Crippen LogP contribution in [-0.2, 0) is 4.79 Å². The van der Waals surface area contributed by atoms with Crippen LogP contribution in [0.2, 0.25) is 0 Å². The predicted octanol–water partition coefficient (Wildman–Crippen LogP) is 0.630. The van der Waals surface area contributed by atoms with Crippen molar-refractivity contribution < 1.29 is 18.0 Å². The summed E-state index contributed by atoms with van der Waals surface area (Å²) < 4.78 is 35.8. The third-order valence-corrected chi connectivity index (χ3v) is 1.80. The molecule has 0 aromatic carbocycles. The summed E-state index contributed by atoms with van der Waals surface area (Å²) in [6.07, 6.45) is -5.15. The summed E-state index contributed by atoms with van der Waals surface area (Å²) in [7, 11) is 0. The van der Waals surface area contributed by atoms with Gasteiger partial charge in [0.25, 0.3) is 0 Å². The highest BCUT2D eigenvalue weighted by atomic mass is 19.4. The number of guanidine groups is 1. The van der Waals surface area contributed by atoms with Gasteiger partial charge in [-0.1, -0.05) is 0 Å². The molecule has 0 bridgehead atoms. The molecular weight excluding hydrogens is 249 g/mol. The minimum Gasteiger partial charge on any atom is -0.357 e. The first-order chi connectivity index (χ1) is 8.39. The number of aliphatic imine (C=N–C) groups is 1. The van der Waals surface area contributed by atoms with E-state index in [2.05, 4.69) is 20.9 Å². The van der Waals surface area contributed by atoms with Gasteiger partial charge in [0.05, 0.1) is 6.42 Å². The normalized spacial score (nSPS) is 12.2. The van der Waals surface area contributed by atoms with Gasteiger partial charge >= 0.3 is 6.18 Å². The fourth-order valence-corrected chi connectivity index (χ4v) is 1.07. The van der Waals surface area contributed by atoms with Crippen molar-refractivity contribution >= 4 is 11.9 Å². The maximum atomic E-state index is 11.9. The third kappa shape index (κ3) is 9.73. The molecule has 8 heteroatoms. The van der Waals surface area contributed by atoms with E-state index in [0.29, 0.717) is 13.1 Å². The first kappa shape index (κ1) is 16.5. The van der Waals surface area contributed by atoms with Crippen LogP contribution in [0.3, 0.4) is 0 Å². The molecular formula is C10H19F3N4O. The number of nitrogens with one attached hydrogen (secondary N) is 3. The molecule has 0 saturated heterocycles. The molecule has 106 valence electrons. The smallest absolute Gasteiger partial charge is 0.357 e. The van der Waals surface area contributed by atoms with E-state index in [4.69, 9.17) is 0 Å².